The van der Waals surface area contributed by atoms with Crippen LogP contribution in [0.1, 0.15) is 19.8 Å². The molecule has 0 amide bonds. The van der Waals surface area contributed by atoms with Gasteiger partial charge in [0, 0.05) is 0 Å². The number of nitrogens with two attached hydrogens (primary N) is 2. The molecular formula is C11H17N3O. The number of unbranched alkanes of at least 4 members (excludes halogenated alkanes) is 1. The molecule has 1 aromatic rings. The summed E-state index contributed by atoms with van der Waals surface area (Å²) in [5, 5.41) is 0. The van der Waals surface area contributed by atoms with Gasteiger partial charge in [-0.15, -0.1) is 0 Å². The van der Waals surface area contributed by atoms with Gasteiger partial charge < -0.3 is 16.2 Å². The molecule has 15 heavy (non-hydrogen) atoms. The van der Waals surface area contributed by atoms with Gasteiger partial charge in [0.1, 0.15) is 5.75 Å². The van der Waals surface area contributed by atoms with E-state index in [0.717, 1.165) is 30.9 Å². The molecule has 4 nitrogen and oxygen atoms in total. The molecular weight excluding hydrogens is 190 g/mol. The van der Waals surface area contributed by atoms with Crippen molar-refractivity contribution in [3.8, 4) is 5.75 Å². The smallest absolute Gasteiger partial charge is 0.191 e. The molecule has 0 bridgehead atoms. The molecule has 4 heteroatoms. The summed E-state index contributed by atoms with van der Waals surface area (Å²) in [6.45, 7) is 2.88. The Morgan fingerprint density at radius 1 is 1.27 bits per heavy atom. The molecule has 0 atom stereocenters. The third-order valence-corrected chi connectivity index (χ3v) is 1.86. The molecule has 0 spiro atoms. The number of benzene rings is 1. The van der Waals surface area contributed by atoms with Crippen molar-refractivity contribution >= 4 is 11.6 Å². The van der Waals surface area contributed by atoms with Crippen molar-refractivity contribution in [3.63, 3.8) is 0 Å². The zero-order valence-electron chi connectivity index (χ0n) is 8.94. The van der Waals surface area contributed by atoms with Crippen LogP contribution in [0.3, 0.4) is 0 Å². The fraction of sp³-hybridized carbons (Fsp3) is 0.364. The maximum Gasteiger partial charge on any atom is 0.191 e. The predicted molar refractivity (Wildman–Crippen MR) is 62.3 cm³/mol. The zero-order chi connectivity index (χ0) is 11.1. The van der Waals surface area contributed by atoms with Crippen LogP contribution in [-0.2, 0) is 0 Å². The van der Waals surface area contributed by atoms with E-state index in [4.69, 9.17) is 16.2 Å². The minimum atomic E-state index is 0.0645. The highest BCUT2D eigenvalue weighted by Gasteiger charge is 1.94. The first-order chi connectivity index (χ1) is 7.22. The second-order valence-corrected chi connectivity index (χ2v) is 3.23. The standard InChI is InChI=1S/C11H17N3O/c1-2-3-8-15-10-6-4-9(5-7-10)14-11(12)13/h4-7H,2-3,8H2,1H3,(H4,12,13,14). The van der Waals surface area contributed by atoms with Crippen molar-refractivity contribution in [2.24, 2.45) is 16.5 Å². The van der Waals surface area contributed by atoms with E-state index in [-0.39, 0.29) is 5.96 Å². The molecule has 0 saturated heterocycles. The zero-order valence-corrected chi connectivity index (χ0v) is 8.94. The average molecular weight is 207 g/mol. The highest BCUT2D eigenvalue weighted by molar-refractivity contribution is 5.78. The van der Waals surface area contributed by atoms with E-state index in [0.29, 0.717) is 0 Å². The number of aliphatic imine (C=N–C) groups is 1. The molecule has 0 aromatic heterocycles. The summed E-state index contributed by atoms with van der Waals surface area (Å²) in [7, 11) is 0. The number of guanidine groups is 1. The van der Waals surface area contributed by atoms with Gasteiger partial charge in [-0.05, 0) is 30.7 Å². The molecule has 0 radical (unpaired) electrons. The molecule has 0 aliphatic carbocycles. The Balaban J connectivity index is 2.53. The Morgan fingerprint density at radius 3 is 2.47 bits per heavy atom. The Morgan fingerprint density at radius 2 is 1.93 bits per heavy atom. The molecule has 0 aliphatic rings. The first kappa shape index (κ1) is 11.4. The van der Waals surface area contributed by atoms with Crippen LogP contribution in [0.5, 0.6) is 5.75 Å². The largest absolute Gasteiger partial charge is 0.494 e. The maximum absolute atomic E-state index is 5.50. The van der Waals surface area contributed by atoms with Crippen LogP contribution in [0.2, 0.25) is 0 Å². The Bertz CT molecular complexity index is 315. The molecule has 1 aromatic carbocycles. The van der Waals surface area contributed by atoms with Gasteiger partial charge in [-0.25, -0.2) is 4.99 Å². The van der Waals surface area contributed by atoms with E-state index < -0.39 is 0 Å². The summed E-state index contributed by atoms with van der Waals surface area (Å²) in [6, 6.07) is 7.36. The fourth-order valence-electron chi connectivity index (χ4n) is 1.10. The van der Waals surface area contributed by atoms with Crippen LogP contribution in [0.25, 0.3) is 0 Å². The summed E-state index contributed by atoms with van der Waals surface area (Å²) in [6.07, 6.45) is 2.20. The lowest BCUT2D eigenvalue weighted by Gasteiger charge is -2.04. The van der Waals surface area contributed by atoms with E-state index >= 15 is 0 Å². The monoisotopic (exact) mass is 207 g/mol. The lowest BCUT2D eigenvalue weighted by atomic mass is 10.3. The summed E-state index contributed by atoms with van der Waals surface area (Å²) in [4.78, 5) is 3.91. The minimum Gasteiger partial charge on any atom is -0.494 e. The number of rotatable bonds is 5. The lowest BCUT2D eigenvalue weighted by Crippen LogP contribution is -2.21. The van der Waals surface area contributed by atoms with Gasteiger partial charge in [-0.2, -0.15) is 0 Å². The Hall–Kier alpha value is -1.71. The topological polar surface area (TPSA) is 73.6 Å². The van der Waals surface area contributed by atoms with E-state index in [1.54, 1.807) is 0 Å². The lowest BCUT2D eigenvalue weighted by molar-refractivity contribution is 0.309. The molecule has 0 aliphatic heterocycles. The van der Waals surface area contributed by atoms with Gasteiger partial charge in [-0.3, -0.25) is 0 Å². The number of ether oxygens (including phenoxy) is 1. The fourth-order valence-corrected chi connectivity index (χ4v) is 1.10. The van der Waals surface area contributed by atoms with Crippen LogP contribution in [0, 0.1) is 0 Å². The number of hydrogen-bond donors (Lipinski definition) is 2. The summed E-state index contributed by atoms with van der Waals surface area (Å²) < 4.78 is 5.50. The highest BCUT2D eigenvalue weighted by Crippen LogP contribution is 2.17. The summed E-state index contributed by atoms with van der Waals surface area (Å²) >= 11 is 0. The second kappa shape index (κ2) is 5.90. The Labute approximate surface area is 89.9 Å². The number of hydrogen-bond acceptors (Lipinski definition) is 2. The van der Waals surface area contributed by atoms with Crippen LogP contribution >= 0.6 is 0 Å². The van der Waals surface area contributed by atoms with Gasteiger partial charge >= 0.3 is 0 Å². The average Bonchev–Trinajstić information content (AvgIpc) is 2.20. The van der Waals surface area contributed by atoms with E-state index in [9.17, 15) is 0 Å². The maximum atomic E-state index is 5.50. The molecule has 82 valence electrons. The number of nitrogens with zero attached hydrogens (tertiary/aromatic N) is 1. The van der Waals surface area contributed by atoms with E-state index in [1.807, 2.05) is 24.3 Å². The van der Waals surface area contributed by atoms with Gasteiger partial charge in [0.25, 0.3) is 0 Å². The molecule has 0 saturated carbocycles. The minimum absolute atomic E-state index is 0.0645. The molecule has 4 N–H and O–H groups in total. The van der Waals surface area contributed by atoms with Gasteiger partial charge in [-0.1, -0.05) is 13.3 Å². The predicted octanol–water partition coefficient (Wildman–Crippen LogP) is 1.77. The first-order valence-corrected chi connectivity index (χ1v) is 5.05. The molecule has 0 unspecified atom stereocenters. The van der Waals surface area contributed by atoms with Crippen molar-refractivity contribution in [3.05, 3.63) is 24.3 Å². The normalized spacial score (nSPS) is 9.67. The van der Waals surface area contributed by atoms with E-state index in [1.165, 1.54) is 0 Å². The van der Waals surface area contributed by atoms with E-state index in [2.05, 4.69) is 11.9 Å². The highest BCUT2D eigenvalue weighted by atomic mass is 16.5. The third kappa shape index (κ3) is 4.35. The van der Waals surface area contributed by atoms with Crippen LogP contribution in [-0.4, -0.2) is 12.6 Å². The summed E-state index contributed by atoms with van der Waals surface area (Å²) in [5.74, 6) is 0.910. The first-order valence-electron chi connectivity index (χ1n) is 5.05. The van der Waals surface area contributed by atoms with Crippen molar-refractivity contribution < 1.29 is 4.74 Å². The van der Waals surface area contributed by atoms with Crippen molar-refractivity contribution in [1.82, 2.24) is 0 Å². The Kier molecular flexibility index (Phi) is 4.47. The van der Waals surface area contributed by atoms with Crippen molar-refractivity contribution in [2.75, 3.05) is 6.61 Å². The van der Waals surface area contributed by atoms with Crippen LogP contribution in [0.15, 0.2) is 29.3 Å². The quantitative estimate of drug-likeness (QED) is 0.439. The SMILES string of the molecule is CCCCOc1ccc(N=C(N)N)cc1. The van der Waals surface area contributed by atoms with Gasteiger partial charge in [0.15, 0.2) is 5.96 Å². The second-order valence-electron chi connectivity index (χ2n) is 3.23. The van der Waals surface area contributed by atoms with Crippen LogP contribution < -0.4 is 16.2 Å². The van der Waals surface area contributed by atoms with Gasteiger partial charge in [0.2, 0.25) is 0 Å². The molecule has 0 heterocycles. The van der Waals surface area contributed by atoms with Crippen molar-refractivity contribution in [1.29, 1.82) is 0 Å². The van der Waals surface area contributed by atoms with Crippen LogP contribution in [0.4, 0.5) is 5.69 Å². The summed E-state index contributed by atoms with van der Waals surface area (Å²) in [5.41, 5.74) is 11.2. The molecule has 0 fully saturated rings. The molecule has 1 rings (SSSR count). The third-order valence-electron chi connectivity index (χ3n) is 1.86. The van der Waals surface area contributed by atoms with Gasteiger partial charge in [0.05, 0.1) is 12.3 Å². The van der Waals surface area contributed by atoms with Crippen molar-refractivity contribution in [2.45, 2.75) is 19.8 Å².